The standard InChI is InChI=1S/C33H72N2O8P2/c1-34(2,3)28-32-42-44(36,37)40-30-26-24-22-20-18-16-14-12-10-8-7-9-11-13-15-17-19-21-23-25-27-31-41-45(38,39)43-33-29-35(4,5)6/h7-33H2,1-6H3. The lowest BCUT2D eigenvalue weighted by molar-refractivity contribution is -0.870. The Morgan fingerprint density at radius 2 is 0.533 bits per heavy atom. The number of hydrogen-bond acceptors (Lipinski definition) is 8. The SMILES string of the molecule is C[N+](C)(C)CCOP(=O)([O-])OCCCCCCCCCCCCCCCCCCCCCCCOP(=O)([O-])OCC[N+](C)(C)C. The fourth-order valence-electron chi connectivity index (χ4n) is 4.84. The van der Waals surface area contributed by atoms with Crippen molar-refractivity contribution in [2.45, 2.75) is 135 Å². The molecule has 0 aromatic heterocycles. The number of nitrogens with zero attached hydrogens (tertiary/aromatic N) is 2. The third-order valence-corrected chi connectivity index (χ3v) is 9.81. The van der Waals surface area contributed by atoms with E-state index < -0.39 is 15.6 Å². The second-order valence-electron chi connectivity index (χ2n) is 14.7. The van der Waals surface area contributed by atoms with Gasteiger partial charge in [-0.15, -0.1) is 0 Å². The van der Waals surface area contributed by atoms with E-state index in [0.717, 1.165) is 38.5 Å². The molecule has 0 aliphatic heterocycles. The fraction of sp³-hybridized carbons (Fsp3) is 1.00. The summed E-state index contributed by atoms with van der Waals surface area (Å²) in [7, 11) is 3.62. The minimum Gasteiger partial charge on any atom is -0.756 e. The van der Waals surface area contributed by atoms with Crippen LogP contribution in [-0.2, 0) is 27.2 Å². The van der Waals surface area contributed by atoms with Crippen molar-refractivity contribution in [3.8, 4) is 0 Å². The van der Waals surface area contributed by atoms with Gasteiger partial charge in [-0.05, 0) is 12.8 Å². The number of hydrogen-bond donors (Lipinski definition) is 0. The van der Waals surface area contributed by atoms with Crippen LogP contribution >= 0.6 is 15.6 Å². The molecule has 0 saturated carbocycles. The van der Waals surface area contributed by atoms with Gasteiger partial charge < -0.3 is 36.8 Å². The molecule has 0 fully saturated rings. The first-order valence-electron chi connectivity index (χ1n) is 17.9. The topological polar surface area (TPSA) is 117 Å². The van der Waals surface area contributed by atoms with Crippen LogP contribution in [0.15, 0.2) is 0 Å². The van der Waals surface area contributed by atoms with Crippen LogP contribution in [0.25, 0.3) is 0 Å². The molecule has 272 valence electrons. The molecule has 0 aliphatic rings. The average Bonchev–Trinajstić information content (AvgIpc) is 2.91. The van der Waals surface area contributed by atoms with Crippen LogP contribution in [-0.4, -0.2) is 90.8 Å². The van der Waals surface area contributed by atoms with Crippen LogP contribution < -0.4 is 9.79 Å². The maximum absolute atomic E-state index is 11.8. The molecule has 0 heterocycles. The van der Waals surface area contributed by atoms with Crippen molar-refractivity contribution in [3.63, 3.8) is 0 Å². The monoisotopic (exact) mass is 686 g/mol. The zero-order valence-corrected chi connectivity index (χ0v) is 31.9. The van der Waals surface area contributed by atoms with Crippen molar-refractivity contribution < 1.29 is 46.0 Å². The molecule has 10 nitrogen and oxygen atoms in total. The Morgan fingerprint density at radius 1 is 0.356 bits per heavy atom. The normalized spacial score (nSPS) is 15.3. The molecule has 2 unspecified atom stereocenters. The van der Waals surface area contributed by atoms with Crippen LogP contribution in [0.3, 0.4) is 0 Å². The molecule has 0 amide bonds. The zero-order chi connectivity index (χ0) is 33.9. The van der Waals surface area contributed by atoms with Crippen molar-refractivity contribution in [2.24, 2.45) is 0 Å². The largest absolute Gasteiger partial charge is 0.756 e. The lowest BCUT2D eigenvalue weighted by atomic mass is 10.0. The molecule has 45 heavy (non-hydrogen) atoms. The van der Waals surface area contributed by atoms with E-state index in [0.29, 0.717) is 22.1 Å². The van der Waals surface area contributed by atoms with E-state index in [2.05, 4.69) is 0 Å². The van der Waals surface area contributed by atoms with E-state index in [1.165, 1.54) is 96.3 Å². The summed E-state index contributed by atoms with van der Waals surface area (Å²) in [4.78, 5) is 23.5. The first-order valence-corrected chi connectivity index (χ1v) is 20.9. The van der Waals surface area contributed by atoms with Gasteiger partial charge in [-0.1, -0.05) is 122 Å². The van der Waals surface area contributed by atoms with Gasteiger partial charge in [-0.25, -0.2) is 0 Å². The molecule has 0 rings (SSSR count). The maximum atomic E-state index is 11.8. The Morgan fingerprint density at radius 3 is 0.733 bits per heavy atom. The van der Waals surface area contributed by atoms with Crippen LogP contribution in [0.5, 0.6) is 0 Å². The maximum Gasteiger partial charge on any atom is 0.268 e. The second kappa shape index (κ2) is 27.0. The minimum atomic E-state index is -4.16. The van der Waals surface area contributed by atoms with Crippen LogP contribution in [0, 0.1) is 0 Å². The lowest BCUT2D eigenvalue weighted by Crippen LogP contribution is -2.37. The number of rotatable bonds is 34. The Balaban J connectivity index is 3.30. The summed E-state index contributed by atoms with van der Waals surface area (Å²) in [5, 5.41) is 0. The molecule has 0 radical (unpaired) electrons. The Kier molecular flexibility index (Phi) is 27.1. The quantitative estimate of drug-likeness (QED) is 0.0386. The van der Waals surface area contributed by atoms with Gasteiger partial charge in [-0.2, -0.15) is 0 Å². The van der Waals surface area contributed by atoms with E-state index in [4.69, 9.17) is 18.1 Å². The number of quaternary nitrogens is 2. The van der Waals surface area contributed by atoms with Crippen LogP contribution in [0.1, 0.15) is 135 Å². The van der Waals surface area contributed by atoms with E-state index in [-0.39, 0.29) is 26.4 Å². The van der Waals surface area contributed by atoms with Gasteiger partial charge in [0.2, 0.25) is 0 Å². The van der Waals surface area contributed by atoms with Crippen molar-refractivity contribution >= 4 is 15.6 Å². The molecule has 0 saturated heterocycles. The summed E-state index contributed by atoms with van der Waals surface area (Å²) >= 11 is 0. The highest BCUT2D eigenvalue weighted by molar-refractivity contribution is 7.46. The summed E-state index contributed by atoms with van der Waals surface area (Å²) in [5.74, 6) is 0. The molecule has 0 aromatic rings. The number of phosphoric ester groups is 2. The third kappa shape index (κ3) is 36.8. The molecule has 2 atom stereocenters. The van der Waals surface area contributed by atoms with Crippen LogP contribution in [0.4, 0.5) is 0 Å². The van der Waals surface area contributed by atoms with E-state index in [1.807, 2.05) is 42.3 Å². The van der Waals surface area contributed by atoms with Gasteiger partial charge in [0.25, 0.3) is 15.6 Å². The Bertz CT molecular complexity index is 713. The van der Waals surface area contributed by atoms with Gasteiger partial charge in [0.05, 0.1) is 55.5 Å². The summed E-state index contributed by atoms with van der Waals surface area (Å²) in [6, 6.07) is 0. The van der Waals surface area contributed by atoms with Gasteiger partial charge in [-0.3, -0.25) is 9.13 Å². The average molecular weight is 687 g/mol. The number of unbranched alkanes of at least 4 members (excludes halogenated alkanes) is 20. The predicted octanol–water partition coefficient (Wildman–Crippen LogP) is 7.59. The molecule has 0 N–H and O–H groups in total. The number of likely N-dealkylation sites (N-methyl/N-ethyl adjacent to an activating group) is 2. The van der Waals surface area contributed by atoms with E-state index in [1.54, 1.807) is 0 Å². The first-order chi connectivity index (χ1) is 21.1. The second-order valence-corrected chi connectivity index (χ2v) is 17.5. The highest BCUT2D eigenvalue weighted by Crippen LogP contribution is 2.39. The van der Waals surface area contributed by atoms with Crippen molar-refractivity contribution in [1.29, 1.82) is 0 Å². The molecular weight excluding hydrogens is 614 g/mol. The van der Waals surface area contributed by atoms with Crippen molar-refractivity contribution in [1.82, 2.24) is 0 Å². The van der Waals surface area contributed by atoms with Gasteiger partial charge in [0.1, 0.15) is 26.3 Å². The molecule has 12 heteroatoms. The Labute approximate surface area is 277 Å². The smallest absolute Gasteiger partial charge is 0.268 e. The molecule has 0 aliphatic carbocycles. The molecule has 0 spiro atoms. The lowest BCUT2D eigenvalue weighted by Gasteiger charge is -2.27. The highest BCUT2D eigenvalue weighted by atomic mass is 31.2. The minimum absolute atomic E-state index is 0.153. The highest BCUT2D eigenvalue weighted by Gasteiger charge is 2.14. The zero-order valence-electron chi connectivity index (χ0n) is 30.1. The predicted molar refractivity (Wildman–Crippen MR) is 182 cm³/mol. The van der Waals surface area contributed by atoms with Gasteiger partial charge >= 0.3 is 0 Å². The Hall–Kier alpha value is 0.140. The van der Waals surface area contributed by atoms with Crippen LogP contribution in [0.2, 0.25) is 0 Å². The van der Waals surface area contributed by atoms with Gasteiger partial charge in [0, 0.05) is 0 Å². The van der Waals surface area contributed by atoms with Crippen molar-refractivity contribution in [3.05, 3.63) is 0 Å². The molecule has 0 bridgehead atoms. The summed E-state index contributed by atoms with van der Waals surface area (Å²) in [6.07, 6.45) is 25.4. The summed E-state index contributed by atoms with van der Waals surface area (Å²) < 4.78 is 44.6. The van der Waals surface area contributed by atoms with Crippen molar-refractivity contribution in [2.75, 3.05) is 81.8 Å². The molecular formula is C33H72N2O8P2. The summed E-state index contributed by atoms with van der Waals surface area (Å²) in [6.45, 7) is 1.98. The molecule has 0 aromatic carbocycles. The number of phosphoric acid groups is 2. The summed E-state index contributed by atoms with van der Waals surface area (Å²) in [5.41, 5.74) is 0. The first kappa shape index (κ1) is 45.1. The fourth-order valence-corrected chi connectivity index (χ4v) is 6.31. The van der Waals surface area contributed by atoms with Gasteiger partial charge in [0.15, 0.2) is 0 Å². The van der Waals surface area contributed by atoms with E-state index in [9.17, 15) is 18.9 Å². The van der Waals surface area contributed by atoms with E-state index >= 15 is 0 Å². The third-order valence-electron chi connectivity index (χ3n) is 7.81.